The number of thiophene rings is 2. The Morgan fingerprint density at radius 2 is 1.56 bits per heavy atom. The third-order valence-electron chi connectivity index (χ3n) is 3.80. The molecule has 0 saturated heterocycles. The number of rotatable bonds is 7. The van der Waals surface area contributed by atoms with Gasteiger partial charge in [-0.15, -0.1) is 22.7 Å². The topological polar surface area (TPSA) is 60.9 Å². The van der Waals surface area contributed by atoms with Gasteiger partial charge in [0.05, 0.1) is 13.1 Å². The Balaban J connectivity index is 2.05. The first-order valence-electron chi connectivity index (χ1n) is 8.10. The monoisotopic (exact) mass is 380 g/mol. The minimum absolute atomic E-state index is 0.0303. The Labute approximate surface area is 156 Å². The first-order chi connectivity index (χ1) is 11.8. The number of nitrogens with zero attached hydrogens (tertiary/aromatic N) is 2. The maximum atomic E-state index is 12.8. The van der Waals surface area contributed by atoms with E-state index in [1.807, 2.05) is 55.8 Å². The van der Waals surface area contributed by atoms with Gasteiger partial charge in [0.15, 0.2) is 0 Å². The van der Waals surface area contributed by atoms with Crippen molar-refractivity contribution >= 4 is 34.7 Å². The van der Waals surface area contributed by atoms with Crippen molar-refractivity contribution in [3.63, 3.8) is 0 Å². The van der Waals surface area contributed by atoms with Crippen LogP contribution >= 0.6 is 22.7 Å². The lowest BCUT2D eigenvalue weighted by molar-refractivity contribution is -0.132. The molecule has 0 bridgehead atoms. The highest BCUT2D eigenvalue weighted by Gasteiger charge is 2.27. The van der Waals surface area contributed by atoms with E-state index in [4.69, 9.17) is 0 Å². The van der Waals surface area contributed by atoms with Crippen LogP contribution in [-0.4, -0.2) is 39.0 Å². The van der Waals surface area contributed by atoms with Crippen molar-refractivity contribution in [2.24, 2.45) is 0 Å². The van der Waals surface area contributed by atoms with Crippen molar-refractivity contribution in [2.45, 2.75) is 45.8 Å². The molecule has 2 rings (SSSR count). The van der Waals surface area contributed by atoms with Crippen LogP contribution in [0.2, 0.25) is 0 Å². The van der Waals surface area contributed by atoms with Crippen molar-refractivity contribution in [3.8, 4) is 0 Å². The molecule has 0 radical (unpaired) electrons. The molecule has 1 N–H and O–H groups in total. The molecule has 2 heterocycles. The van der Waals surface area contributed by atoms with Crippen LogP contribution in [0.25, 0.3) is 0 Å². The molecule has 2 aromatic heterocycles. The summed E-state index contributed by atoms with van der Waals surface area (Å²) in [5.74, 6) is -0.0303. The van der Waals surface area contributed by atoms with Crippen LogP contribution in [0.1, 0.15) is 36.9 Å². The van der Waals surface area contributed by atoms with E-state index in [9.17, 15) is 14.7 Å². The van der Waals surface area contributed by atoms with Crippen LogP contribution in [0.4, 0.5) is 4.79 Å². The predicted octanol–water partition coefficient (Wildman–Crippen LogP) is 4.51. The Hall–Kier alpha value is -1.86. The van der Waals surface area contributed by atoms with Gasteiger partial charge in [-0.2, -0.15) is 0 Å². The van der Waals surface area contributed by atoms with E-state index in [0.717, 1.165) is 9.75 Å². The molecule has 136 valence electrons. The number of hydrogen-bond donors (Lipinski definition) is 1. The van der Waals surface area contributed by atoms with Gasteiger partial charge in [-0.05, 0) is 43.7 Å². The summed E-state index contributed by atoms with van der Waals surface area (Å²) >= 11 is 3.24. The average molecular weight is 381 g/mol. The molecule has 0 aliphatic carbocycles. The second-order valence-electron chi connectivity index (χ2n) is 6.76. The molecule has 2 amide bonds. The summed E-state index contributed by atoms with van der Waals surface area (Å²) in [5, 5.41) is 13.4. The summed E-state index contributed by atoms with van der Waals surface area (Å²) in [4.78, 5) is 29.6. The summed E-state index contributed by atoms with van der Waals surface area (Å²) in [7, 11) is 0. The summed E-state index contributed by atoms with van der Waals surface area (Å²) in [6.45, 7) is 6.80. The number of carboxylic acid groups (broad SMARTS) is 1. The second-order valence-corrected chi connectivity index (χ2v) is 8.83. The van der Waals surface area contributed by atoms with Gasteiger partial charge in [-0.3, -0.25) is 4.79 Å². The quantitative estimate of drug-likeness (QED) is 0.769. The zero-order valence-corrected chi connectivity index (χ0v) is 16.4. The molecule has 7 heteroatoms. The zero-order chi connectivity index (χ0) is 18.4. The van der Waals surface area contributed by atoms with Gasteiger partial charge in [0, 0.05) is 28.3 Å². The zero-order valence-electron chi connectivity index (χ0n) is 14.8. The number of carbonyl (C=O) groups is 2. The maximum Gasteiger partial charge on any atom is 0.407 e. The Bertz CT molecular complexity index is 639. The van der Waals surface area contributed by atoms with E-state index in [-0.39, 0.29) is 18.9 Å². The molecular weight excluding hydrogens is 356 g/mol. The van der Waals surface area contributed by atoms with Crippen LogP contribution in [0.5, 0.6) is 0 Å². The van der Waals surface area contributed by atoms with E-state index in [2.05, 4.69) is 0 Å². The normalized spacial score (nSPS) is 11.3. The molecule has 0 unspecified atom stereocenters. The Morgan fingerprint density at radius 3 is 1.92 bits per heavy atom. The van der Waals surface area contributed by atoms with Crippen molar-refractivity contribution in [1.82, 2.24) is 9.80 Å². The minimum Gasteiger partial charge on any atom is -0.465 e. The van der Waals surface area contributed by atoms with Crippen molar-refractivity contribution < 1.29 is 14.7 Å². The molecule has 0 spiro atoms. The smallest absolute Gasteiger partial charge is 0.407 e. The lowest BCUT2D eigenvalue weighted by Gasteiger charge is -2.33. The molecule has 2 aromatic rings. The maximum absolute atomic E-state index is 12.8. The standard InChI is InChI=1S/C18H24N2O3S2/c1-18(2,3)20(17(22)23)9-8-16(21)19(12-14-6-4-10-24-14)13-15-7-5-11-25-15/h4-7,10-11H,8-9,12-13H2,1-3H3,(H,22,23). The van der Waals surface area contributed by atoms with Gasteiger partial charge < -0.3 is 14.9 Å². The van der Waals surface area contributed by atoms with Gasteiger partial charge in [-0.25, -0.2) is 4.79 Å². The SMILES string of the molecule is CC(C)(C)N(CCC(=O)N(Cc1cccs1)Cc1cccs1)C(=O)O. The fraction of sp³-hybridized carbons (Fsp3) is 0.444. The molecule has 0 saturated carbocycles. The van der Waals surface area contributed by atoms with Crippen LogP contribution in [0.15, 0.2) is 35.0 Å². The largest absolute Gasteiger partial charge is 0.465 e. The predicted molar refractivity (Wildman–Crippen MR) is 102 cm³/mol. The Morgan fingerprint density at radius 1 is 1.04 bits per heavy atom. The number of hydrogen-bond acceptors (Lipinski definition) is 4. The molecule has 0 atom stereocenters. The fourth-order valence-electron chi connectivity index (χ4n) is 2.50. The lowest BCUT2D eigenvalue weighted by atomic mass is 10.1. The van der Waals surface area contributed by atoms with Crippen LogP contribution in [0.3, 0.4) is 0 Å². The van der Waals surface area contributed by atoms with E-state index in [0.29, 0.717) is 13.1 Å². The Kier molecular flexibility index (Phi) is 6.61. The molecule has 0 fully saturated rings. The van der Waals surface area contributed by atoms with E-state index in [1.165, 1.54) is 4.90 Å². The van der Waals surface area contributed by atoms with Gasteiger partial charge >= 0.3 is 6.09 Å². The van der Waals surface area contributed by atoms with Crippen LogP contribution in [0, 0.1) is 0 Å². The summed E-state index contributed by atoms with van der Waals surface area (Å²) in [6.07, 6.45) is -0.816. The summed E-state index contributed by atoms with van der Waals surface area (Å²) in [5.41, 5.74) is -0.529. The average Bonchev–Trinajstić information content (AvgIpc) is 3.18. The molecule has 0 aliphatic rings. The first kappa shape index (κ1) is 19.5. The minimum atomic E-state index is -0.997. The van der Waals surface area contributed by atoms with Gasteiger partial charge in [0.1, 0.15) is 0 Å². The highest BCUT2D eigenvalue weighted by molar-refractivity contribution is 7.10. The lowest BCUT2D eigenvalue weighted by Crippen LogP contribution is -2.46. The van der Waals surface area contributed by atoms with Crippen LogP contribution < -0.4 is 0 Å². The number of amides is 2. The molecule has 5 nitrogen and oxygen atoms in total. The van der Waals surface area contributed by atoms with Gasteiger partial charge in [0.2, 0.25) is 5.91 Å². The first-order valence-corrected chi connectivity index (χ1v) is 9.86. The van der Waals surface area contributed by atoms with Crippen LogP contribution in [-0.2, 0) is 17.9 Å². The third-order valence-corrected chi connectivity index (χ3v) is 5.52. The second kappa shape index (κ2) is 8.49. The third kappa shape index (κ3) is 5.86. The summed E-state index contributed by atoms with van der Waals surface area (Å²) < 4.78 is 0. The van der Waals surface area contributed by atoms with E-state index < -0.39 is 11.6 Å². The van der Waals surface area contributed by atoms with Crippen molar-refractivity contribution in [2.75, 3.05) is 6.54 Å². The van der Waals surface area contributed by atoms with E-state index in [1.54, 1.807) is 27.6 Å². The number of carbonyl (C=O) groups excluding carboxylic acids is 1. The molecule has 0 aromatic carbocycles. The highest BCUT2D eigenvalue weighted by Crippen LogP contribution is 2.19. The van der Waals surface area contributed by atoms with Crippen molar-refractivity contribution in [1.29, 1.82) is 0 Å². The molecule has 25 heavy (non-hydrogen) atoms. The van der Waals surface area contributed by atoms with Gasteiger partial charge in [0.25, 0.3) is 0 Å². The molecule has 0 aliphatic heterocycles. The molecular formula is C18H24N2O3S2. The van der Waals surface area contributed by atoms with Crippen molar-refractivity contribution in [3.05, 3.63) is 44.8 Å². The van der Waals surface area contributed by atoms with Gasteiger partial charge in [-0.1, -0.05) is 12.1 Å². The summed E-state index contributed by atoms with van der Waals surface area (Å²) in [6, 6.07) is 7.97. The highest BCUT2D eigenvalue weighted by atomic mass is 32.1. The fourth-order valence-corrected chi connectivity index (χ4v) is 3.94. The van der Waals surface area contributed by atoms with E-state index >= 15 is 0 Å².